The second-order valence-corrected chi connectivity index (χ2v) is 2.39. The van der Waals surface area contributed by atoms with Crippen molar-refractivity contribution in [3.63, 3.8) is 0 Å². The van der Waals surface area contributed by atoms with E-state index < -0.39 is 0 Å². The summed E-state index contributed by atoms with van der Waals surface area (Å²) in [5, 5.41) is 0. The van der Waals surface area contributed by atoms with Gasteiger partial charge in [0, 0.05) is 27.3 Å². The Balaban J connectivity index is 0. The quantitative estimate of drug-likeness (QED) is 0.629. The van der Waals surface area contributed by atoms with Crippen LogP contribution in [-0.4, -0.2) is 4.98 Å². The number of rotatable bonds is 3. The second kappa shape index (κ2) is 10.4. The first-order valence-corrected chi connectivity index (χ1v) is 4.84. The summed E-state index contributed by atoms with van der Waals surface area (Å²) < 4.78 is 0. The van der Waals surface area contributed by atoms with Crippen molar-refractivity contribution in [3.8, 4) is 0 Å². The molecule has 0 saturated carbocycles. The largest absolute Gasteiger partial charge is 0.371 e. The van der Waals surface area contributed by atoms with Gasteiger partial charge in [-0.15, -0.1) is 0 Å². The van der Waals surface area contributed by atoms with Crippen LogP contribution in [0.3, 0.4) is 0 Å². The second-order valence-electron chi connectivity index (χ2n) is 2.39. The minimum absolute atomic E-state index is 0. The molecule has 1 rings (SSSR count). The normalized spacial score (nSPS) is 8.62. The van der Waals surface area contributed by atoms with Gasteiger partial charge in [-0.2, -0.15) is 24.8 Å². The van der Waals surface area contributed by atoms with Crippen molar-refractivity contribution in [2.45, 2.75) is 13.8 Å². The van der Waals surface area contributed by atoms with Gasteiger partial charge < -0.3 is 9.78 Å². The zero-order valence-corrected chi connectivity index (χ0v) is 12.6. The van der Waals surface area contributed by atoms with Gasteiger partial charge in [0.15, 0.2) is 0 Å². The maximum absolute atomic E-state index is 11.3. The van der Waals surface area contributed by atoms with Crippen LogP contribution < -0.4 is 5.43 Å². The van der Waals surface area contributed by atoms with Crippen LogP contribution in [0.2, 0.25) is 0 Å². The smallest absolute Gasteiger partial charge is 0.136 e. The molecule has 1 aromatic heterocycles. The van der Waals surface area contributed by atoms with Crippen molar-refractivity contribution in [1.82, 2.24) is 4.98 Å². The number of hydrogen-bond acceptors (Lipinski definition) is 1. The summed E-state index contributed by atoms with van der Waals surface area (Å²) in [5.41, 5.74) is 1.20. The Bertz CT molecular complexity index is 405. The molecule has 3 heteroatoms. The van der Waals surface area contributed by atoms with Crippen LogP contribution in [0.15, 0.2) is 36.3 Å². The average Bonchev–Trinajstić information content (AvgIpc) is 2.30. The van der Waals surface area contributed by atoms with E-state index in [1.54, 1.807) is 18.3 Å². The van der Waals surface area contributed by atoms with Gasteiger partial charge in [-0.05, 0) is 11.8 Å². The summed E-state index contributed by atoms with van der Waals surface area (Å²) >= 11 is 0. The Morgan fingerprint density at radius 3 is 2.50 bits per heavy atom. The summed E-state index contributed by atoms with van der Waals surface area (Å²) in [4.78, 5) is 14.2. The molecule has 0 unspecified atom stereocenters. The zero-order valence-electron chi connectivity index (χ0n) is 9.62. The molecule has 0 aromatic carbocycles. The monoisotopic (exact) mass is 386 g/mol. The van der Waals surface area contributed by atoms with Gasteiger partial charge in [0.05, 0.1) is 0 Å². The van der Waals surface area contributed by atoms with E-state index in [2.05, 4.69) is 24.2 Å². The van der Waals surface area contributed by atoms with Crippen LogP contribution in [0.4, 0.5) is 0 Å². The molecule has 86 valence electrons. The molecule has 0 atom stereocenters. The molecule has 0 aliphatic carbocycles. The van der Waals surface area contributed by atoms with Gasteiger partial charge in [0.1, 0.15) is 5.43 Å². The Labute approximate surface area is 111 Å². The molecule has 2 nitrogen and oxygen atoms in total. The van der Waals surface area contributed by atoms with Crippen LogP contribution in [0, 0.1) is 6.08 Å². The first-order chi connectivity index (χ1) is 7.29. The average molecular weight is 386 g/mol. The van der Waals surface area contributed by atoms with Gasteiger partial charge in [-0.1, -0.05) is 32.1 Å². The molecule has 1 N–H and O–H groups in total. The zero-order chi connectivity index (χ0) is 11.7. The Hall–Kier alpha value is -1.14. The SMILES string of the molecule is C=C[C-]=Cc1c(C=C)[nH]ccc1=O.CC.[W]. The molecule has 0 aliphatic heterocycles. The minimum Gasteiger partial charge on any atom is -0.371 e. The molecule has 0 aliphatic rings. The molecular weight excluding hydrogens is 370 g/mol. The van der Waals surface area contributed by atoms with E-state index in [-0.39, 0.29) is 26.5 Å². The van der Waals surface area contributed by atoms with E-state index in [0.29, 0.717) is 11.3 Å². The van der Waals surface area contributed by atoms with Gasteiger partial charge >= 0.3 is 0 Å². The number of H-pyrrole nitrogens is 1. The number of hydrogen-bond donors (Lipinski definition) is 1. The van der Waals surface area contributed by atoms with E-state index >= 15 is 0 Å². The fourth-order valence-corrected chi connectivity index (χ4v) is 0.967. The molecule has 1 heterocycles. The molecule has 0 amide bonds. The maximum Gasteiger partial charge on any atom is 0.136 e. The first kappa shape index (κ1) is 17.3. The van der Waals surface area contributed by atoms with Crippen molar-refractivity contribution < 1.29 is 21.1 Å². The van der Waals surface area contributed by atoms with Gasteiger partial charge in [0.2, 0.25) is 0 Å². The molecule has 0 radical (unpaired) electrons. The molecule has 1 aromatic rings. The van der Waals surface area contributed by atoms with Crippen molar-refractivity contribution in [2.24, 2.45) is 0 Å². The first-order valence-electron chi connectivity index (χ1n) is 4.84. The number of allylic oxidation sites excluding steroid dienone is 2. The fourth-order valence-electron chi connectivity index (χ4n) is 0.967. The van der Waals surface area contributed by atoms with E-state index in [4.69, 9.17) is 0 Å². The summed E-state index contributed by atoms with van der Waals surface area (Å²) in [6.07, 6.45) is 9.02. The van der Waals surface area contributed by atoms with Gasteiger partial charge in [-0.25, -0.2) is 0 Å². The third-order valence-corrected chi connectivity index (χ3v) is 1.58. The summed E-state index contributed by atoms with van der Waals surface area (Å²) in [6.45, 7) is 11.1. The Morgan fingerprint density at radius 2 is 2.00 bits per heavy atom. The number of aromatic amines is 1. The van der Waals surface area contributed by atoms with E-state index in [1.165, 1.54) is 12.1 Å². The standard InChI is InChI=1S/C11H10NO.C2H6.W/c1-3-5-6-9-10(4-2)12-8-7-11(9)13;1-2;/h3-4,6-8H,1-2H2,(H,12,13);1-2H3;/q-1;;. The number of nitrogens with one attached hydrogen (secondary N) is 1. The molecular formula is C13H16NOW-. The van der Waals surface area contributed by atoms with Crippen molar-refractivity contribution in [1.29, 1.82) is 0 Å². The molecule has 0 saturated heterocycles. The molecule has 0 spiro atoms. The third-order valence-electron chi connectivity index (χ3n) is 1.58. The summed E-state index contributed by atoms with van der Waals surface area (Å²) in [6, 6.07) is 1.46. The van der Waals surface area contributed by atoms with Crippen LogP contribution in [0.25, 0.3) is 12.2 Å². The summed E-state index contributed by atoms with van der Waals surface area (Å²) in [5.74, 6) is 0. The van der Waals surface area contributed by atoms with E-state index in [0.717, 1.165) is 0 Å². The molecule has 16 heavy (non-hydrogen) atoms. The minimum atomic E-state index is -0.0528. The van der Waals surface area contributed by atoms with Gasteiger partial charge in [0.25, 0.3) is 0 Å². The third kappa shape index (κ3) is 5.08. The van der Waals surface area contributed by atoms with E-state index in [9.17, 15) is 4.79 Å². The van der Waals surface area contributed by atoms with Crippen molar-refractivity contribution in [2.75, 3.05) is 0 Å². The van der Waals surface area contributed by atoms with Crippen LogP contribution in [0.5, 0.6) is 0 Å². The van der Waals surface area contributed by atoms with Gasteiger partial charge in [-0.3, -0.25) is 0 Å². The Morgan fingerprint density at radius 1 is 1.38 bits per heavy atom. The predicted octanol–water partition coefficient (Wildman–Crippen LogP) is 3.04. The van der Waals surface area contributed by atoms with Crippen LogP contribution in [0.1, 0.15) is 25.1 Å². The molecule has 0 bridgehead atoms. The maximum atomic E-state index is 11.3. The summed E-state index contributed by atoms with van der Waals surface area (Å²) in [7, 11) is 0. The van der Waals surface area contributed by atoms with Crippen LogP contribution in [-0.2, 0) is 21.1 Å². The fraction of sp³-hybridized carbons (Fsp3) is 0.154. The topological polar surface area (TPSA) is 32.9 Å². The van der Waals surface area contributed by atoms with Crippen molar-refractivity contribution in [3.05, 3.63) is 59.1 Å². The van der Waals surface area contributed by atoms with Crippen molar-refractivity contribution >= 4 is 12.2 Å². The predicted molar refractivity (Wildman–Crippen MR) is 66.4 cm³/mol. The molecule has 0 fully saturated rings. The number of pyridine rings is 1. The van der Waals surface area contributed by atoms with Crippen LogP contribution >= 0.6 is 0 Å². The number of aromatic nitrogens is 1. The Kier molecular flexibility index (Phi) is 11.2. The van der Waals surface area contributed by atoms with E-state index in [1.807, 2.05) is 13.8 Å².